The molecule has 1 unspecified atom stereocenters. The van der Waals surface area contributed by atoms with Gasteiger partial charge in [0.05, 0.1) is 5.75 Å². The molecule has 0 spiro atoms. The Morgan fingerprint density at radius 1 is 1.00 bits per heavy atom. The van der Waals surface area contributed by atoms with Gasteiger partial charge in [-0.1, -0.05) is 57.1 Å². The molecule has 0 saturated carbocycles. The van der Waals surface area contributed by atoms with Gasteiger partial charge in [-0.25, -0.2) is 8.42 Å². The average Bonchev–Trinajstić information content (AvgIpc) is 2.96. The number of rotatable bonds is 6. The van der Waals surface area contributed by atoms with E-state index in [9.17, 15) is 8.42 Å². The van der Waals surface area contributed by atoms with E-state index in [4.69, 9.17) is 4.52 Å². The fourth-order valence-corrected chi connectivity index (χ4v) is 3.47. The Kier molecular flexibility index (Phi) is 5.24. The van der Waals surface area contributed by atoms with Crippen molar-refractivity contribution in [3.63, 3.8) is 0 Å². The normalized spacial score (nSPS) is 13.7. The van der Waals surface area contributed by atoms with E-state index in [0.29, 0.717) is 11.7 Å². The maximum Gasteiger partial charge on any atom is 0.244 e. The number of aromatic nitrogens is 2. The molecule has 0 N–H and O–H groups in total. The maximum absolute atomic E-state index is 12.6. The van der Waals surface area contributed by atoms with Gasteiger partial charge in [0.25, 0.3) is 0 Å². The molecule has 0 aliphatic carbocycles. The molecule has 0 saturated heterocycles. The van der Waals surface area contributed by atoms with E-state index in [1.165, 1.54) is 5.56 Å². The highest BCUT2D eigenvalue weighted by molar-refractivity contribution is 7.90. The first-order valence-corrected chi connectivity index (χ1v) is 9.56. The molecule has 1 atom stereocenters. The van der Waals surface area contributed by atoms with Crippen LogP contribution in [0.25, 0.3) is 0 Å². The monoisotopic (exact) mass is 336 g/mol. The Hall–Kier alpha value is -1.69. The van der Waals surface area contributed by atoms with Crippen LogP contribution in [-0.4, -0.2) is 18.6 Å². The highest BCUT2D eigenvalue weighted by Gasteiger charge is 2.28. The van der Waals surface area contributed by atoms with E-state index >= 15 is 0 Å². The lowest BCUT2D eigenvalue weighted by molar-refractivity contribution is 0.369. The predicted octanol–water partition coefficient (Wildman–Crippen LogP) is 3.99. The Labute approximate surface area is 138 Å². The van der Waals surface area contributed by atoms with Crippen LogP contribution in [0.2, 0.25) is 0 Å². The molecular formula is C17H24N2O3S. The molecule has 0 aliphatic rings. The van der Waals surface area contributed by atoms with Gasteiger partial charge in [0, 0.05) is 5.92 Å². The largest absolute Gasteiger partial charge is 0.338 e. The van der Waals surface area contributed by atoms with Gasteiger partial charge in [-0.05, 0) is 24.0 Å². The van der Waals surface area contributed by atoms with Gasteiger partial charge < -0.3 is 4.52 Å². The van der Waals surface area contributed by atoms with Crippen molar-refractivity contribution >= 4 is 9.84 Å². The molecule has 0 amide bonds. The van der Waals surface area contributed by atoms with Crippen LogP contribution in [0, 0.1) is 0 Å². The van der Waals surface area contributed by atoms with Gasteiger partial charge in [0.1, 0.15) is 5.25 Å². The zero-order chi connectivity index (χ0) is 17.2. The van der Waals surface area contributed by atoms with Crippen molar-refractivity contribution in [3.8, 4) is 0 Å². The molecule has 6 heteroatoms. The molecular weight excluding hydrogens is 312 g/mol. The summed E-state index contributed by atoms with van der Waals surface area (Å²) in [6, 6.07) is 7.69. The van der Waals surface area contributed by atoms with E-state index in [-0.39, 0.29) is 17.6 Å². The minimum absolute atomic E-state index is 0.0358. The second-order valence-corrected chi connectivity index (χ2v) is 8.81. The predicted molar refractivity (Wildman–Crippen MR) is 90.0 cm³/mol. The molecule has 1 aromatic heterocycles. The van der Waals surface area contributed by atoms with E-state index < -0.39 is 15.1 Å². The minimum atomic E-state index is -3.41. The number of benzene rings is 1. The van der Waals surface area contributed by atoms with Crippen molar-refractivity contribution in [1.82, 2.24) is 10.1 Å². The standard InChI is InChI=1S/C17H24N2O3S/c1-11(2)15-8-6-14(7-9-15)10-23(20,21)13(5)17-18-16(12(3)4)19-22-17/h6-9,11-13H,10H2,1-5H3. The molecule has 1 heterocycles. The third-order valence-corrected chi connectivity index (χ3v) is 5.89. The lowest BCUT2D eigenvalue weighted by Gasteiger charge is -2.10. The molecule has 0 bridgehead atoms. The highest BCUT2D eigenvalue weighted by Crippen LogP contribution is 2.26. The molecule has 2 rings (SSSR count). The molecule has 5 nitrogen and oxygen atoms in total. The Morgan fingerprint density at radius 3 is 2.09 bits per heavy atom. The van der Waals surface area contributed by atoms with Crippen molar-refractivity contribution in [3.05, 3.63) is 47.1 Å². The molecule has 0 aliphatic heterocycles. The first-order valence-electron chi connectivity index (χ1n) is 7.84. The van der Waals surface area contributed by atoms with Crippen molar-refractivity contribution in [2.75, 3.05) is 0 Å². The molecule has 1 aromatic carbocycles. The maximum atomic E-state index is 12.6. The van der Waals surface area contributed by atoms with Gasteiger partial charge in [-0.3, -0.25) is 0 Å². The van der Waals surface area contributed by atoms with Crippen LogP contribution in [0.15, 0.2) is 28.8 Å². The van der Waals surface area contributed by atoms with Crippen molar-refractivity contribution < 1.29 is 12.9 Å². The summed E-state index contributed by atoms with van der Waals surface area (Å²) in [6.07, 6.45) is 0. The van der Waals surface area contributed by atoms with Crippen molar-refractivity contribution in [2.45, 2.75) is 57.5 Å². The summed E-state index contributed by atoms with van der Waals surface area (Å²) < 4.78 is 30.3. The van der Waals surface area contributed by atoms with Gasteiger partial charge in [0.2, 0.25) is 5.89 Å². The second kappa shape index (κ2) is 6.83. The van der Waals surface area contributed by atoms with E-state index in [1.54, 1.807) is 6.92 Å². The van der Waals surface area contributed by atoms with Crippen molar-refractivity contribution in [2.24, 2.45) is 0 Å². The van der Waals surface area contributed by atoms with Crippen LogP contribution in [0.5, 0.6) is 0 Å². The molecule has 0 radical (unpaired) electrons. The first kappa shape index (κ1) is 17.7. The highest BCUT2D eigenvalue weighted by atomic mass is 32.2. The zero-order valence-corrected chi connectivity index (χ0v) is 15.1. The van der Waals surface area contributed by atoms with Crippen LogP contribution in [0.3, 0.4) is 0 Å². The summed E-state index contributed by atoms with van der Waals surface area (Å²) in [5, 5.41) is 3.03. The summed E-state index contributed by atoms with van der Waals surface area (Å²) in [5.74, 6) is 1.18. The van der Waals surface area contributed by atoms with Crippen LogP contribution in [-0.2, 0) is 15.6 Å². The van der Waals surface area contributed by atoms with Crippen LogP contribution in [0.1, 0.15) is 74.5 Å². The summed E-state index contributed by atoms with van der Waals surface area (Å²) in [6.45, 7) is 9.68. The summed E-state index contributed by atoms with van der Waals surface area (Å²) in [4.78, 5) is 4.20. The molecule has 23 heavy (non-hydrogen) atoms. The fraction of sp³-hybridized carbons (Fsp3) is 0.529. The summed E-state index contributed by atoms with van der Waals surface area (Å²) >= 11 is 0. The lowest BCUT2D eigenvalue weighted by Crippen LogP contribution is -2.13. The van der Waals surface area contributed by atoms with Crippen LogP contribution in [0.4, 0.5) is 0 Å². The molecule has 126 valence electrons. The SMILES string of the molecule is CC(C)c1ccc(CS(=O)(=O)C(C)c2nc(C(C)C)no2)cc1. The smallest absolute Gasteiger partial charge is 0.244 e. The second-order valence-electron chi connectivity index (χ2n) is 6.49. The topological polar surface area (TPSA) is 73.1 Å². The van der Waals surface area contributed by atoms with Crippen molar-refractivity contribution in [1.29, 1.82) is 0 Å². The Morgan fingerprint density at radius 2 is 1.61 bits per heavy atom. The fourth-order valence-electron chi connectivity index (χ4n) is 2.16. The third-order valence-electron chi connectivity index (χ3n) is 3.87. The van der Waals surface area contributed by atoms with E-state index in [1.807, 2.05) is 38.1 Å². The van der Waals surface area contributed by atoms with E-state index in [0.717, 1.165) is 5.56 Å². The van der Waals surface area contributed by atoms with Gasteiger partial charge in [0.15, 0.2) is 15.7 Å². The number of sulfone groups is 1. The Bertz CT molecular complexity index is 746. The Balaban J connectivity index is 2.16. The number of hydrogen-bond acceptors (Lipinski definition) is 5. The zero-order valence-electron chi connectivity index (χ0n) is 14.3. The third kappa shape index (κ3) is 4.19. The summed E-state index contributed by atoms with van der Waals surface area (Å²) in [7, 11) is -3.41. The number of nitrogens with zero attached hydrogens (tertiary/aromatic N) is 2. The van der Waals surface area contributed by atoms with Crippen LogP contribution >= 0.6 is 0 Å². The van der Waals surface area contributed by atoms with Crippen LogP contribution < -0.4 is 0 Å². The van der Waals surface area contributed by atoms with Gasteiger partial charge in [-0.2, -0.15) is 4.98 Å². The van der Waals surface area contributed by atoms with E-state index in [2.05, 4.69) is 24.0 Å². The lowest BCUT2D eigenvalue weighted by atomic mass is 10.0. The quantitative estimate of drug-likeness (QED) is 0.797. The molecule has 0 fully saturated rings. The summed E-state index contributed by atoms with van der Waals surface area (Å²) in [5.41, 5.74) is 1.96. The minimum Gasteiger partial charge on any atom is -0.338 e. The van der Waals surface area contributed by atoms with Gasteiger partial charge in [-0.15, -0.1) is 0 Å². The average molecular weight is 336 g/mol. The van der Waals surface area contributed by atoms with Gasteiger partial charge >= 0.3 is 0 Å². The number of hydrogen-bond donors (Lipinski definition) is 0. The first-order chi connectivity index (χ1) is 10.7. The molecule has 2 aromatic rings.